The first kappa shape index (κ1) is 11.2. The van der Waals surface area contributed by atoms with Gasteiger partial charge in [-0.3, -0.25) is 0 Å². The van der Waals surface area contributed by atoms with E-state index in [0.29, 0.717) is 5.92 Å². The zero-order valence-corrected chi connectivity index (χ0v) is 10.0. The zero-order valence-electron chi connectivity index (χ0n) is 10.0. The average Bonchev–Trinajstić information content (AvgIpc) is 2.28. The Morgan fingerprint density at radius 1 is 1.06 bits per heavy atom. The highest BCUT2D eigenvalue weighted by atomic mass is 14.5. The lowest BCUT2D eigenvalue weighted by atomic mass is 9.95. The van der Waals surface area contributed by atoms with Crippen molar-refractivity contribution in [1.29, 1.82) is 0 Å². The maximum atomic E-state index is 5.60. The minimum Gasteiger partial charge on any atom is -0.330 e. The second-order valence-electron chi connectivity index (χ2n) is 4.59. The highest BCUT2D eigenvalue weighted by molar-refractivity contribution is 5.83. The molecule has 2 N–H and O–H groups in total. The van der Waals surface area contributed by atoms with E-state index in [0.717, 1.165) is 13.0 Å². The number of fused-ring (bicyclic) bond motifs is 1. The highest BCUT2D eigenvalue weighted by Crippen LogP contribution is 2.24. The minimum atomic E-state index is 0.552. The molecule has 0 saturated carbocycles. The van der Waals surface area contributed by atoms with Gasteiger partial charge in [-0.1, -0.05) is 48.9 Å². The molecule has 1 atom stereocenters. The van der Waals surface area contributed by atoms with E-state index >= 15 is 0 Å². The zero-order chi connectivity index (χ0) is 11.5. The van der Waals surface area contributed by atoms with E-state index < -0.39 is 0 Å². The predicted molar refractivity (Wildman–Crippen MR) is 70.8 cm³/mol. The molecule has 84 valence electrons. The third-order valence-electron chi connectivity index (χ3n) is 3.19. The van der Waals surface area contributed by atoms with E-state index in [1.54, 1.807) is 0 Å². The number of aryl methyl sites for hydroxylation is 1. The van der Waals surface area contributed by atoms with Gasteiger partial charge in [0.15, 0.2) is 0 Å². The van der Waals surface area contributed by atoms with Gasteiger partial charge in [0, 0.05) is 0 Å². The van der Waals surface area contributed by atoms with Gasteiger partial charge in [0.05, 0.1) is 0 Å². The van der Waals surface area contributed by atoms with Crippen molar-refractivity contribution in [2.24, 2.45) is 5.73 Å². The molecule has 1 nitrogen and oxygen atoms in total. The number of rotatable bonds is 3. The molecule has 16 heavy (non-hydrogen) atoms. The molecule has 0 amide bonds. The van der Waals surface area contributed by atoms with Gasteiger partial charge < -0.3 is 5.73 Å². The molecule has 0 bridgehead atoms. The van der Waals surface area contributed by atoms with E-state index in [2.05, 4.69) is 50.2 Å². The molecule has 0 aliphatic heterocycles. The largest absolute Gasteiger partial charge is 0.330 e. The Bertz CT molecular complexity index is 488. The summed E-state index contributed by atoms with van der Waals surface area (Å²) in [7, 11) is 0. The molecule has 0 radical (unpaired) electrons. The summed E-state index contributed by atoms with van der Waals surface area (Å²) >= 11 is 0. The molecule has 2 aromatic rings. The quantitative estimate of drug-likeness (QED) is 0.828. The number of benzene rings is 2. The van der Waals surface area contributed by atoms with Crippen molar-refractivity contribution in [3.63, 3.8) is 0 Å². The van der Waals surface area contributed by atoms with Crippen LogP contribution in [0.3, 0.4) is 0 Å². The Labute approximate surface area is 97.3 Å². The summed E-state index contributed by atoms with van der Waals surface area (Å²) in [5.74, 6) is 0.552. The SMILES string of the molecule is Cc1ccc2cc(C(C)CCN)ccc2c1. The van der Waals surface area contributed by atoms with Crippen LogP contribution in [0.5, 0.6) is 0 Å². The van der Waals surface area contributed by atoms with Crippen molar-refractivity contribution in [3.8, 4) is 0 Å². The molecule has 0 spiro atoms. The summed E-state index contributed by atoms with van der Waals surface area (Å²) in [6.07, 6.45) is 1.05. The van der Waals surface area contributed by atoms with Gasteiger partial charge in [0.2, 0.25) is 0 Å². The Morgan fingerprint density at radius 2 is 1.75 bits per heavy atom. The lowest BCUT2D eigenvalue weighted by molar-refractivity contribution is 0.691. The van der Waals surface area contributed by atoms with Gasteiger partial charge in [0.1, 0.15) is 0 Å². The average molecular weight is 213 g/mol. The maximum absolute atomic E-state index is 5.60. The van der Waals surface area contributed by atoms with E-state index in [1.165, 1.54) is 21.9 Å². The van der Waals surface area contributed by atoms with Crippen LogP contribution in [0.15, 0.2) is 36.4 Å². The Balaban J connectivity index is 2.40. The van der Waals surface area contributed by atoms with Crippen molar-refractivity contribution in [2.75, 3.05) is 6.54 Å². The molecule has 2 rings (SSSR count). The molecular formula is C15H19N. The van der Waals surface area contributed by atoms with Gasteiger partial charge >= 0.3 is 0 Å². The Kier molecular flexibility index (Phi) is 3.25. The maximum Gasteiger partial charge on any atom is -0.00715 e. The van der Waals surface area contributed by atoms with Crippen LogP contribution in [0.1, 0.15) is 30.4 Å². The van der Waals surface area contributed by atoms with Gasteiger partial charge in [-0.15, -0.1) is 0 Å². The van der Waals surface area contributed by atoms with Crippen molar-refractivity contribution >= 4 is 10.8 Å². The fourth-order valence-corrected chi connectivity index (χ4v) is 2.11. The molecule has 0 saturated heterocycles. The Hall–Kier alpha value is -1.34. The van der Waals surface area contributed by atoms with Gasteiger partial charge in [-0.25, -0.2) is 0 Å². The van der Waals surface area contributed by atoms with E-state index in [1.807, 2.05) is 0 Å². The third kappa shape index (κ3) is 2.25. The van der Waals surface area contributed by atoms with Crippen LogP contribution in [0.2, 0.25) is 0 Å². The fourth-order valence-electron chi connectivity index (χ4n) is 2.11. The molecule has 0 aliphatic carbocycles. The normalized spacial score (nSPS) is 12.9. The van der Waals surface area contributed by atoms with Crippen LogP contribution in [0.25, 0.3) is 10.8 Å². The van der Waals surface area contributed by atoms with Crippen LogP contribution in [-0.2, 0) is 0 Å². The van der Waals surface area contributed by atoms with Crippen LogP contribution in [0, 0.1) is 6.92 Å². The second kappa shape index (κ2) is 4.67. The van der Waals surface area contributed by atoms with Crippen LogP contribution in [0.4, 0.5) is 0 Å². The summed E-state index contributed by atoms with van der Waals surface area (Å²) in [5, 5.41) is 2.65. The molecular weight excluding hydrogens is 194 g/mol. The fraction of sp³-hybridized carbons (Fsp3) is 0.333. The standard InChI is InChI=1S/C15H19N/c1-11-3-4-15-10-13(12(2)7-8-16)5-6-14(15)9-11/h3-6,9-10,12H,7-8,16H2,1-2H3. The molecule has 2 aromatic carbocycles. The van der Waals surface area contributed by atoms with E-state index in [-0.39, 0.29) is 0 Å². The first-order chi connectivity index (χ1) is 7.70. The second-order valence-corrected chi connectivity index (χ2v) is 4.59. The highest BCUT2D eigenvalue weighted by Gasteiger charge is 2.05. The lowest BCUT2D eigenvalue weighted by Crippen LogP contribution is -2.04. The predicted octanol–water partition coefficient (Wildman–Crippen LogP) is 3.60. The smallest absolute Gasteiger partial charge is 0.00715 e. The summed E-state index contributed by atoms with van der Waals surface area (Å²) in [4.78, 5) is 0. The van der Waals surface area contributed by atoms with Crippen LogP contribution < -0.4 is 5.73 Å². The first-order valence-corrected chi connectivity index (χ1v) is 5.91. The Morgan fingerprint density at radius 3 is 2.50 bits per heavy atom. The van der Waals surface area contributed by atoms with E-state index in [4.69, 9.17) is 5.73 Å². The molecule has 0 aromatic heterocycles. The third-order valence-corrected chi connectivity index (χ3v) is 3.19. The molecule has 1 heteroatoms. The first-order valence-electron chi connectivity index (χ1n) is 5.91. The van der Waals surface area contributed by atoms with Crippen molar-refractivity contribution in [1.82, 2.24) is 0 Å². The summed E-state index contributed by atoms with van der Waals surface area (Å²) in [5.41, 5.74) is 8.30. The minimum absolute atomic E-state index is 0.552. The van der Waals surface area contributed by atoms with Gasteiger partial charge in [-0.05, 0) is 42.1 Å². The number of hydrogen-bond donors (Lipinski definition) is 1. The lowest BCUT2D eigenvalue weighted by Gasteiger charge is -2.11. The molecule has 0 aliphatic rings. The number of hydrogen-bond acceptors (Lipinski definition) is 1. The van der Waals surface area contributed by atoms with Crippen LogP contribution in [-0.4, -0.2) is 6.54 Å². The summed E-state index contributed by atoms with van der Waals surface area (Å²) < 4.78 is 0. The van der Waals surface area contributed by atoms with E-state index in [9.17, 15) is 0 Å². The monoisotopic (exact) mass is 213 g/mol. The van der Waals surface area contributed by atoms with Crippen LogP contribution >= 0.6 is 0 Å². The molecule has 1 unspecified atom stereocenters. The van der Waals surface area contributed by atoms with Crippen molar-refractivity contribution < 1.29 is 0 Å². The summed E-state index contributed by atoms with van der Waals surface area (Å²) in [6, 6.07) is 13.3. The molecule has 0 fully saturated rings. The van der Waals surface area contributed by atoms with Crippen molar-refractivity contribution in [2.45, 2.75) is 26.2 Å². The van der Waals surface area contributed by atoms with Gasteiger partial charge in [0.25, 0.3) is 0 Å². The number of nitrogens with two attached hydrogens (primary N) is 1. The van der Waals surface area contributed by atoms with Gasteiger partial charge in [-0.2, -0.15) is 0 Å². The topological polar surface area (TPSA) is 26.0 Å². The molecule has 0 heterocycles. The summed E-state index contributed by atoms with van der Waals surface area (Å²) in [6.45, 7) is 5.12. The van der Waals surface area contributed by atoms with Crippen molar-refractivity contribution in [3.05, 3.63) is 47.5 Å².